The van der Waals surface area contributed by atoms with Gasteiger partial charge in [0.1, 0.15) is 5.75 Å². The number of carbonyl (C=O) groups excluding carboxylic acids is 1. The summed E-state index contributed by atoms with van der Waals surface area (Å²) in [5.74, 6) is 1.06. The van der Waals surface area contributed by atoms with Gasteiger partial charge >= 0.3 is 0 Å². The third kappa shape index (κ3) is 2.73. The van der Waals surface area contributed by atoms with Crippen molar-refractivity contribution in [2.45, 2.75) is 24.7 Å². The van der Waals surface area contributed by atoms with Gasteiger partial charge in [-0.3, -0.25) is 4.79 Å². The monoisotopic (exact) mass is 262 g/mol. The number of hydrogen-bond acceptors (Lipinski definition) is 3. The van der Waals surface area contributed by atoms with Gasteiger partial charge in [0.2, 0.25) is 5.91 Å². The number of methoxy groups -OCH3 is 1. The van der Waals surface area contributed by atoms with Crippen LogP contribution < -0.4 is 10.5 Å². The zero-order valence-corrected chi connectivity index (χ0v) is 11.7. The fourth-order valence-corrected chi connectivity index (χ4v) is 2.72. The predicted octanol–water partition coefficient (Wildman–Crippen LogP) is 1.53. The molecule has 0 aliphatic carbocycles. The quantitative estimate of drug-likeness (QED) is 0.899. The lowest BCUT2D eigenvalue weighted by Crippen LogP contribution is -2.36. The first-order valence-corrected chi connectivity index (χ1v) is 6.70. The Morgan fingerprint density at radius 2 is 2.00 bits per heavy atom. The first kappa shape index (κ1) is 13.9. The van der Waals surface area contributed by atoms with E-state index in [0.717, 1.165) is 25.1 Å². The molecular weight excluding hydrogens is 240 g/mol. The van der Waals surface area contributed by atoms with Gasteiger partial charge in [0.05, 0.1) is 7.11 Å². The lowest BCUT2D eigenvalue weighted by atomic mass is 9.74. The SMILES string of the molecule is COc1ccc(C2(CN)CCC(=O)N(C)CC2)cc1. The summed E-state index contributed by atoms with van der Waals surface area (Å²) in [6, 6.07) is 8.06. The number of rotatable bonds is 3. The first-order valence-electron chi connectivity index (χ1n) is 6.70. The smallest absolute Gasteiger partial charge is 0.222 e. The summed E-state index contributed by atoms with van der Waals surface area (Å²) in [5.41, 5.74) is 7.16. The molecule has 0 spiro atoms. The molecule has 1 atom stereocenters. The van der Waals surface area contributed by atoms with Crippen LogP contribution in [0, 0.1) is 0 Å². The second kappa shape index (κ2) is 5.61. The average molecular weight is 262 g/mol. The van der Waals surface area contributed by atoms with Crippen molar-refractivity contribution in [2.24, 2.45) is 5.73 Å². The molecule has 104 valence electrons. The lowest BCUT2D eigenvalue weighted by Gasteiger charge is -2.31. The van der Waals surface area contributed by atoms with Crippen LogP contribution in [0.1, 0.15) is 24.8 Å². The van der Waals surface area contributed by atoms with Crippen molar-refractivity contribution in [2.75, 3.05) is 27.2 Å². The van der Waals surface area contributed by atoms with E-state index in [4.69, 9.17) is 10.5 Å². The van der Waals surface area contributed by atoms with Crippen molar-refractivity contribution < 1.29 is 9.53 Å². The molecule has 19 heavy (non-hydrogen) atoms. The summed E-state index contributed by atoms with van der Waals surface area (Å²) >= 11 is 0. The molecule has 0 radical (unpaired) electrons. The fraction of sp³-hybridized carbons (Fsp3) is 0.533. The molecule has 0 saturated carbocycles. The van der Waals surface area contributed by atoms with E-state index in [0.29, 0.717) is 13.0 Å². The molecule has 1 fully saturated rings. The van der Waals surface area contributed by atoms with Crippen molar-refractivity contribution in [3.63, 3.8) is 0 Å². The van der Waals surface area contributed by atoms with Crippen molar-refractivity contribution in [1.29, 1.82) is 0 Å². The van der Waals surface area contributed by atoms with Crippen molar-refractivity contribution in [3.8, 4) is 5.75 Å². The second-order valence-corrected chi connectivity index (χ2v) is 5.28. The fourth-order valence-electron chi connectivity index (χ4n) is 2.72. The zero-order chi connectivity index (χ0) is 13.9. The Kier molecular flexibility index (Phi) is 4.10. The predicted molar refractivity (Wildman–Crippen MR) is 75.2 cm³/mol. The Hall–Kier alpha value is -1.55. The van der Waals surface area contributed by atoms with E-state index in [2.05, 4.69) is 12.1 Å². The number of benzene rings is 1. The highest BCUT2D eigenvalue weighted by Crippen LogP contribution is 2.35. The van der Waals surface area contributed by atoms with Gasteiger partial charge in [0.15, 0.2) is 0 Å². The maximum atomic E-state index is 11.8. The van der Waals surface area contributed by atoms with E-state index in [1.165, 1.54) is 5.56 Å². The number of carbonyl (C=O) groups is 1. The summed E-state index contributed by atoms with van der Waals surface area (Å²) in [4.78, 5) is 13.6. The molecular formula is C15H22N2O2. The normalized spacial score (nSPS) is 24.2. The molecule has 1 aromatic carbocycles. The van der Waals surface area contributed by atoms with Gasteiger partial charge in [-0.15, -0.1) is 0 Å². The molecule has 1 aliphatic heterocycles. The molecule has 1 amide bonds. The summed E-state index contributed by atoms with van der Waals surface area (Å²) in [7, 11) is 3.52. The van der Waals surface area contributed by atoms with Crippen LogP contribution >= 0.6 is 0 Å². The van der Waals surface area contributed by atoms with E-state index < -0.39 is 0 Å². The third-order valence-corrected chi connectivity index (χ3v) is 4.26. The average Bonchev–Trinajstić information content (AvgIpc) is 2.61. The van der Waals surface area contributed by atoms with E-state index in [1.807, 2.05) is 19.2 Å². The molecule has 1 saturated heterocycles. The molecule has 0 bridgehead atoms. The highest BCUT2D eigenvalue weighted by molar-refractivity contribution is 5.76. The minimum atomic E-state index is -0.0906. The Balaban J connectivity index is 2.28. The van der Waals surface area contributed by atoms with Gasteiger partial charge in [-0.25, -0.2) is 0 Å². The zero-order valence-electron chi connectivity index (χ0n) is 11.7. The number of ether oxygens (including phenoxy) is 1. The molecule has 2 rings (SSSR count). The summed E-state index contributed by atoms with van der Waals surface area (Å²) < 4.78 is 5.19. The van der Waals surface area contributed by atoms with Crippen LogP contribution in [0.4, 0.5) is 0 Å². The van der Waals surface area contributed by atoms with Crippen molar-refractivity contribution in [1.82, 2.24) is 4.90 Å². The Morgan fingerprint density at radius 3 is 2.58 bits per heavy atom. The van der Waals surface area contributed by atoms with Gasteiger partial charge in [-0.2, -0.15) is 0 Å². The third-order valence-electron chi connectivity index (χ3n) is 4.26. The van der Waals surface area contributed by atoms with Crippen LogP contribution in [-0.4, -0.2) is 38.1 Å². The Bertz CT molecular complexity index is 444. The van der Waals surface area contributed by atoms with Crippen LogP contribution in [0.25, 0.3) is 0 Å². The molecule has 4 nitrogen and oxygen atoms in total. The number of amides is 1. The van der Waals surface area contributed by atoms with Crippen molar-refractivity contribution >= 4 is 5.91 Å². The highest BCUT2D eigenvalue weighted by Gasteiger charge is 2.34. The lowest BCUT2D eigenvalue weighted by molar-refractivity contribution is -0.129. The van der Waals surface area contributed by atoms with Gasteiger partial charge in [-0.05, 0) is 30.5 Å². The van der Waals surface area contributed by atoms with Gasteiger partial charge < -0.3 is 15.4 Å². The van der Waals surface area contributed by atoms with E-state index in [9.17, 15) is 4.79 Å². The molecule has 2 N–H and O–H groups in total. The number of hydrogen-bond donors (Lipinski definition) is 1. The van der Waals surface area contributed by atoms with Crippen LogP contribution in [0.3, 0.4) is 0 Å². The number of nitrogens with two attached hydrogens (primary N) is 1. The standard InChI is InChI=1S/C15H22N2O2/c1-17-10-9-15(11-16,8-7-14(17)18)12-3-5-13(19-2)6-4-12/h3-6H,7-11,16H2,1-2H3. The minimum absolute atomic E-state index is 0.0906. The van der Waals surface area contributed by atoms with Gasteiger partial charge in [0.25, 0.3) is 0 Å². The maximum absolute atomic E-state index is 11.8. The molecule has 1 aliphatic rings. The summed E-state index contributed by atoms with van der Waals surface area (Å²) in [5, 5.41) is 0. The van der Waals surface area contributed by atoms with Crippen LogP contribution in [0.2, 0.25) is 0 Å². The number of nitrogens with zero attached hydrogens (tertiary/aromatic N) is 1. The van der Waals surface area contributed by atoms with Crippen LogP contribution in [0.15, 0.2) is 24.3 Å². The molecule has 4 heteroatoms. The van der Waals surface area contributed by atoms with E-state index >= 15 is 0 Å². The summed E-state index contributed by atoms with van der Waals surface area (Å²) in [6.45, 7) is 1.34. The molecule has 1 unspecified atom stereocenters. The molecule has 1 heterocycles. The van der Waals surface area contributed by atoms with E-state index in [1.54, 1.807) is 12.0 Å². The Morgan fingerprint density at radius 1 is 1.32 bits per heavy atom. The maximum Gasteiger partial charge on any atom is 0.222 e. The van der Waals surface area contributed by atoms with E-state index in [-0.39, 0.29) is 11.3 Å². The van der Waals surface area contributed by atoms with Crippen LogP contribution in [0.5, 0.6) is 5.75 Å². The molecule has 1 aromatic rings. The minimum Gasteiger partial charge on any atom is -0.497 e. The largest absolute Gasteiger partial charge is 0.497 e. The Labute approximate surface area is 114 Å². The van der Waals surface area contributed by atoms with Crippen molar-refractivity contribution in [3.05, 3.63) is 29.8 Å². The topological polar surface area (TPSA) is 55.6 Å². The van der Waals surface area contributed by atoms with Gasteiger partial charge in [0, 0.05) is 32.0 Å². The first-order chi connectivity index (χ1) is 9.11. The van der Waals surface area contributed by atoms with Crippen LogP contribution in [-0.2, 0) is 10.2 Å². The molecule has 0 aromatic heterocycles. The van der Waals surface area contributed by atoms with Gasteiger partial charge in [-0.1, -0.05) is 12.1 Å². The number of likely N-dealkylation sites (tertiary alicyclic amines) is 1. The second-order valence-electron chi connectivity index (χ2n) is 5.28. The highest BCUT2D eigenvalue weighted by atomic mass is 16.5. The summed E-state index contributed by atoms with van der Waals surface area (Å²) in [6.07, 6.45) is 2.30.